The lowest BCUT2D eigenvalue weighted by Crippen LogP contribution is -2.49. The number of nitrogens with zero attached hydrogens (tertiary/aromatic N) is 1. The van der Waals surface area contributed by atoms with Crippen LogP contribution in [-0.4, -0.2) is 42.5 Å². The van der Waals surface area contributed by atoms with Crippen molar-refractivity contribution in [3.05, 3.63) is 42.0 Å². The highest BCUT2D eigenvalue weighted by Gasteiger charge is 2.23. The van der Waals surface area contributed by atoms with Gasteiger partial charge in [-0.3, -0.25) is 4.79 Å². The van der Waals surface area contributed by atoms with Crippen molar-refractivity contribution in [3.63, 3.8) is 0 Å². The van der Waals surface area contributed by atoms with E-state index in [1.54, 1.807) is 0 Å². The largest absolute Gasteiger partial charge is 0.343 e. The number of benzene rings is 1. The number of urea groups is 1. The maximum Gasteiger partial charge on any atom is 0.315 e. The van der Waals surface area contributed by atoms with Gasteiger partial charge < -0.3 is 15.5 Å². The van der Waals surface area contributed by atoms with E-state index >= 15 is 0 Å². The van der Waals surface area contributed by atoms with E-state index in [-0.39, 0.29) is 18.0 Å². The molecule has 3 amide bonds. The summed E-state index contributed by atoms with van der Waals surface area (Å²) >= 11 is 0. The van der Waals surface area contributed by atoms with E-state index in [4.69, 9.17) is 0 Å². The van der Waals surface area contributed by atoms with Crippen LogP contribution in [0, 0.1) is 5.92 Å². The molecule has 1 saturated heterocycles. The number of carbonyl (C=O) groups excluding carboxylic acids is 2. The predicted molar refractivity (Wildman–Crippen MR) is 101 cm³/mol. The molecule has 1 aliphatic heterocycles. The molecule has 0 saturated carbocycles. The van der Waals surface area contributed by atoms with Gasteiger partial charge in [0.15, 0.2) is 0 Å². The van der Waals surface area contributed by atoms with Crippen LogP contribution in [0.15, 0.2) is 36.4 Å². The fourth-order valence-corrected chi connectivity index (χ4v) is 2.90. The molecule has 0 bridgehead atoms. The molecule has 0 unspecified atom stereocenters. The maximum atomic E-state index is 12.0. The second-order valence-corrected chi connectivity index (χ2v) is 6.92. The van der Waals surface area contributed by atoms with Crippen LogP contribution in [-0.2, 0) is 4.79 Å². The average Bonchev–Trinajstić information content (AvgIpc) is 2.60. The molecule has 2 N–H and O–H groups in total. The zero-order valence-electron chi connectivity index (χ0n) is 15.2. The number of likely N-dealkylation sites (tertiary alicyclic amines) is 1. The molecule has 0 atom stereocenters. The standard InChI is InChI=1S/C20H29N3O2/c1-16(2)15-19(24)23-13-10-18(11-14-23)22-20(25)21-12-6-9-17-7-4-3-5-8-17/h3-9,16,18H,10-15H2,1-2H3,(H2,21,22,25)/b9-6-. The molecule has 0 spiro atoms. The highest BCUT2D eigenvalue weighted by molar-refractivity contribution is 5.77. The van der Waals surface area contributed by atoms with Crippen molar-refractivity contribution in [1.29, 1.82) is 0 Å². The summed E-state index contributed by atoms with van der Waals surface area (Å²) < 4.78 is 0. The van der Waals surface area contributed by atoms with Gasteiger partial charge in [0.25, 0.3) is 0 Å². The van der Waals surface area contributed by atoms with Crippen molar-refractivity contribution < 1.29 is 9.59 Å². The number of amides is 3. The van der Waals surface area contributed by atoms with E-state index in [9.17, 15) is 9.59 Å². The van der Waals surface area contributed by atoms with Gasteiger partial charge in [0.1, 0.15) is 0 Å². The first kappa shape index (κ1) is 19.0. The van der Waals surface area contributed by atoms with Crippen molar-refractivity contribution in [2.24, 2.45) is 5.92 Å². The van der Waals surface area contributed by atoms with E-state index in [0.717, 1.165) is 31.5 Å². The van der Waals surface area contributed by atoms with Crippen LogP contribution in [0.2, 0.25) is 0 Å². The Labute approximate surface area is 150 Å². The molecule has 25 heavy (non-hydrogen) atoms. The van der Waals surface area contributed by atoms with Crippen LogP contribution in [0.4, 0.5) is 4.79 Å². The molecular formula is C20H29N3O2. The summed E-state index contributed by atoms with van der Waals surface area (Å²) in [7, 11) is 0. The molecule has 1 aromatic carbocycles. The van der Waals surface area contributed by atoms with Crippen molar-refractivity contribution in [3.8, 4) is 0 Å². The van der Waals surface area contributed by atoms with Crippen molar-refractivity contribution in [2.75, 3.05) is 19.6 Å². The highest BCUT2D eigenvalue weighted by Crippen LogP contribution is 2.13. The maximum absolute atomic E-state index is 12.0. The Morgan fingerprint density at radius 3 is 2.52 bits per heavy atom. The van der Waals surface area contributed by atoms with Crippen molar-refractivity contribution in [1.82, 2.24) is 15.5 Å². The van der Waals surface area contributed by atoms with E-state index in [0.29, 0.717) is 18.9 Å². The summed E-state index contributed by atoms with van der Waals surface area (Å²) in [6.07, 6.45) is 6.15. The SMILES string of the molecule is CC(C)CC(=O)N1CCC(NC(=O)NC/C=C\c2ccccc2)CC1. The lowest BCUT2D eigenvalue weighted by molar-refractivity contribution is -0.133. The predicted octanol–water partition coefficient (Wildman–Crippen LogP) is 3.04. The van der Waals surface area contributed by atoms with Crippen LogP contribution >= 0.6 is 0 Å². The van der Waals surface area contributed by atoms with Gasteiger partial charge in [-0.25, -0.2) is 4.79 Å². The first-order valence-electron chi connectivity index (χ1n) is 9.08. The van der Waals surface area contributed by atoms with E-state index in [2.05, 4.69) is 24.5 Å². The fourth-order valence-electron chi connectivity index (χ4n) is 2.90. The topological polar surface area (TPSA) is 61.4 Å². The summed E-state index contributed by atoms with van der Waals surface area (Å²) in [5, 5.41) is 5.84. The zero-order valence-corrected chi connectivity index (χ0v) is 15.2. The third kappa shape index (κ3) is 6.99. The quantitative estimate of drug-likeness (QED) is 0.834. The lowest BCUT2D eigenvalue weighted by atomic mass is 10.0. The number of rotatable bonds is 6. The Morgan fingerprint density at radius 1 is 1.20 bits per heavy atom. The van der Waals surface area contributed by atoms with Gasteiger partial charge in [-0.2, -0.15) is 0 Å². The van der Waals surface area contributed by atoms with E-state index < -0.39 is 0 Å². The molecule has 1 fully saturated rings. The minimum absolute atomic E-state index is 0.140. The molecule has 0 aromatic heterocycles. The molecular weight excluding hydrogens is 314 g/mol. The summed E-state index contributed by atoms with van der Waals surface area (Å²) in [5.74, 6) is 0.613. The Morgan fingerprint density at radius 2 is 1.88 bits per heavy atom. The molecule has 1 aromatic rings. The summed E-state index contributed by atoms with van der Waals surface area (Å²) in [6, 6.07) is 9.97. The van der Waals surface area contributed by atoms with Gasteiger partial charge in [-0.15, -0.1) is 0 Å². The van der Waals surface area contributed by atoms with E-state index in [1.807, 2.05) is 47.4 Å². The Hall–Kier alpha value is -2.30. The third-order valence-corrected chi connectivity index (χ3v) is 4.26. The van der Waals surface area contributed by atoms with Crippen LogP contribution in [0.3, 0.4) is 0 Å². The van der Waals surface area contributed by atoms with E-state index in [1.165, 1.54) is 0 Å². The average molecular weight is 343 g/mol. The molecule has 5 heteroatoms. The number of carbonyl (C=O) groups is 2. The molecule has 0 radical (unpaired) electrons. The second kappa shape index (κ2) is 9.87. The van der Waals surface area contributed by atoms with Gasteiger partial charge in [-0.1, -0.05) is 56.3 Å². The highest BCUT2D eigenvalue weighted by atomic mass is 16.2. The summed E-state index contributed by atoms with van der Waals surface area (Å²) in [6.45, 7) is 6.06. The Kier molecular flexibility index (Phi) is 7.51. The minimum atomic E-state index is -0.148. The van der Waals surface area contributed by atoms with Gasteiger partial charge in [-0.05, 0) is 24.3 Å². The normalized spacial score (nSPS) is 15.6. The van der Waals surface area contributed by atoms with Crippen molar-refractivity contribution in [2.45, 2.75) is 39.2 Å². The van der Waals surface area contributed by atoms with Crippen LogP contribution in [0.25, 0.3) is 6.08 Å². The van der Waals surface area contributed by atoms with Crippen LogP contribution < -0.4 is 10.6 Å². The van der Waals surface area contributed by atoms with Gasteiger partial charge in [0, 0.05) is 32.1 Å². The molecule has 1 heterocycles. The molecule has 5 nitrogen and oxygen atoms in total. The molecule has 0 aliphatic carbocycles. The van der Waals surface area contributed by atoms with Crippen LogP contribution in [0.1, 0.15) is 38.7 Å². The fraction of sp³-hybridized carbons (Fsp3) is 0.500. The van der Waals surface area contributed by atoms with Gasteiger partial charge >= 0.3 is 6.03 Å². The third-order valence-electron chi connectivity index (χ3n) is 4.26. The first-order chi connectivity index (χ1) is 12.0. The Balaban J connectivity index is 1.63. The smallest absolute Gasteiger partial charge is 0.315 e. The lowest BCUT2D eigenvalue weighted by Gasteiger charge is -2.32. The van der Waals surface area contributed by atoms with Gasteiger partial charge in [0.2, 0.25) is 5.91 Å². The summed E-state index contributed by atoms with van der Waals surface area (Å²) in [4.78, 5) is 25.9. The Bertz CT molecular complexity index is 576. The zero-order chi connectivity index (χ0) is 18.1. The molecule has 1 aliphatic rings. The molecule has 2 rings (SSSR count). The number of hydrogen-bond donors (Lipinski definition) is 2. The molecule has 136 valence electrons. The van der Waals surface area contributed by atoms with Crippen molar-refractivity contribution >= 4 is 18.0 Å². The van der Waals surface area contributed by atoms with Crippen LogP contribution in [0.5, 0.6) is 0 Å². The second-order valence-electron chi connectivity index (χ2n) is 6.92. The number of hydrogen-bond acceptors (Lipinski definition) is 2. The summed E-state index contributed by atoms with van der Waals surface area (Å²) in [5.41, 5.74) is 1.11. The number of nitrogens with one attached hydrogen (secondary N) is 2. The first-order valence-corrected chi connectivity index (χ1v) is 9.08. The number of piperidine rings is 1. The minimum Gasteiger partial charge on any atom is -0.343 e. The van der Waals surface area contributed by atoms with Gasteiger partial charge in [0.05, 0.1) is 0 Å². The monoisotopic (exact) mass is 343 g/mol.